The largest absolute Gasteiger partial charge is 0.491 e. The number of hydrogen-bond donors (Lipinski definition) is 0. The highest BCUT2D eigenvalue weighted by Crippen LogP contribution is 2.32. The molecule has 3 nitrogen and oxygen atoms in total. The minimum absolute atomic E-state index is 0.00476. The second kappa shape index (κ2) is 6.73. The highest BCUT2D eigenvalue weighted by molar-refractivity contribution is 9.10. The Morgan fingerprint density at radius 1 is 1.26 bits per heavy atom. The zero-order valence-corrected chi connectivity index (χ0v) is 12.1. The van der Waals surface area contributed by atoms with Gasteiger partial charge in [-0.1, -0.05) is 11.6 Å². The van der Waals surface area contributed by atoms with Gasteiger partial charge in [0.15, 0.2) is 0 Å². The van der Waals surface area contributed by atoms with Gasteiger partial charge in [-0.05, 0) is 34.1 Å². The van der Waals surface area contributed by atoms with Crippen molar-refractivity contribution in [1.82, 2.24) is 4.98 Å². The van der Waals surface area contributed by atoms with Crippen LogP contribution < -0.4 is 9.47 Å². The molecule has 0 N–H and O–H groups in total. The van der Waals surface area contributed by atoms with E-state index in [2.05, 4.69) is 20.9 Å². The van der Waals surface area contributed by atoms with E-state index >= 15 is 0 Å². The van der Waals surface area contributed by atoms with Crippen LogP contribution in [-0.4, -0.2) is 18.3 Å². The number of pyridine rings is 1. The van der Waals surface area contributed by atoms with Gasteiger partial charge in [-0.25, -0.2) is 9.37 Å². The summed E-state index contributed by atoms with van der Waals surface area (Å²) in [5.41, 5.74) is 0. The number of aromatic nitrogens is 1. The second-order valence-electron chi connectivity index (χ2n) is 3.55. The molecule has 0 aliphatic carbocycles. The lowest BCUT2D eigenvalue weighted by molar-refractivity contribution is 0.273. The molecule has 0 aliphatic rings. The Labute approximate surface area is 123 Å². The first-order valence-corrected chi connectivity index (χ1v) is 6.64. The number of rotatable bonds is 5. The summed E-state index contributed by atoms with van der Waals surface area (Å²) in [6, 6.07) is 8.42. The molecule has 2 rings (SSSR count). The van der Waals surface area contributed by atoms with E-state index < -0.39 is 6.67 Å². The number of ether oxygens (including phenoxy) is 2. The Morgan fingerprint density at radius 2 is 2.11 bits per heavy atom. The van der Waals surface area contributed by atoms with E-state index in [0.717, 1.165) is 4.47 Å². The first kappa shape index (κ1) is 14.1. The van der Waals surface area contributed by atoms with Gasteiger partial charge in [-0.3, -0.25) is 0 Å². The van der Waals surface area contributed by atoms with E-state index in [9.17, 15) is 4.39 Å². The monoisotopic (exact) mass is 345 g/mol. The van der Waals surface area contributed by atoms with Gasteiger partial charge in [0.25, 0.3) is 0 Å². The Kier molecular flexibility index (Phi) is 4.99. The van der Waals surface area contributed by atoms with Crippen molar-refractivity contribution >= 4 is 27.5 Å². The average molecular weight is 347 g/mol. The SMILES string of the molecule is FCCOc1ccc(Oc2ccc(Br)cn2)c(Cl)c1. The van der Waals surface area contributed by atoms with Crippen LogP contribution in [0.2, 0.25) is 5.02 Å². The molecule has 0 saturated heterocycles. The van der Waals surface area contributed by atoms with Gasteiger partial charge >= 0.3 is 0 Å². The van der Waals surface area contributed by atoms with Crippen molar-refractivity contribution in [2.24, 2.45) is 0 Å². The Hall–Kier alpha value is -1.33. The van der Waals surface area contributed by atoms with Crippen molar-refractivity contribution in [3.63, 3.8) is 0 Å². The van der Waals surface area contributed by atoms with E-state index in [0.29, 0.717) is 22.4 Å². The molecule has 0 amide bonds. The molecular weight excluding hydrogens is 337 g/mol. The van der Waals surface area contributed by atoms with Gasteiger partial charge in [-0.15, -0.1) is 0 Å². The summed E-state index contributed by atoms with van der Waals surface area (Å²) in [4.78, 5) is 4.08. The summed E-state index contributed by atoms with van der Waals surface area (Å²) in [5.74, 6) is 1.39. The standard InChI is InChI=1S/C13H10BrClFNO2/c14-9-1-4-13(17-8-9)19-12-3-2-10(7-11(12)15)18-6-5-16/h1-4,7-8H,5-6H2. The van der Waals surface area contributed by atoms with Crippen LogP contribution in [0.4, 0.5) is 4.39 Å². The molecule has 19 heavy (non-hydrogen) atoms. The fourth-order valence-corrected chi connectivity index (χ4v) is 1.79. The van der Waals surface area contributed by atoms with Crippen LogP contribution in [0, 0.1) is 0 Å². The lowest BCUT2D eigenvalue weighted by Crippen LogP contribution is -1.98. The van der Waals surface area contributed by atoms with E-state index in [1.54, 1.807) is 30.5 Å². The molecule has 2 aromatic rings. The Bertz CT molecular complexity index is 551. The predicted octanol–water partition coefficient (Wildman–Crippen LogP) is 4.64. The zero-order valence-electron chi connectivity index (χ0n) is 9.78. The van der Waals surface area contributed by atoms with Crippen molar-refractivity contribution in [2.75, 3.05) is 13.3 Å². The van der Waals surface area contributed by atoms with Crippen molar-refractivity contribution in [2.45, 2.75) is 0 Å². The van der Waals surface area contributed by atoms with Crippen LogP contribution in [0.15, 0.2) is 41.0 Å². The lowest BCUT2D eigenvalue weighted by Gasteiger charge is -2.09. The number of nitrogens with zero attached hydrogens (tertiary/aromatic N) is 1. The Morgan fingerprint density at radius 3 is 2.74 bits per heavy atom. The summed E-state index contributed by atoms with van der Waals surface area (Å²) < 4.78 is 23.5. The van der Waals surface area contributed by atoms with Crippen molar-refractivity contribution in [3.05, 3.63) is 46.0 Å². The maximum Gasteiger partial charge on any atom is 0.219 e. The number of hydrogen-bond acceptors (Lipinski definition) is 3. The van der Waals surface area contributed by atoms with Crippen LogP contribution in [0.1, 0.15) is 0 Å². The van der Waals surface area contributed by atoms with Crippen LogP contribution >= 0.6 is 27.5 Å². The van der Waals surface area contributed by atoms with Gasteiger partial charge in [-0.2, -0.15) is 0 Å². The molecule has 0 bridgehead atoms. The molecule has 6 heteroatoms. The van der Waals surface area contributed by atoms with Crippen LogP contribution in [0.25, 0.3) is 0 Å². The van der Waals surface area contributed by atoms with Crippen molar-refractivity contribution < 1.29 is 13.9 Å². The number of alkyl halides is 1. The molecule has 1 heterocycles. The lowest BCUT2D eigenvalue weighted by atomic mass is 10.3. The molecule has 0 aliphatic heterocycles. The van der Waals surface area contributed by atoms with Crippen molar-refractivity contribution in [3.8, 4) is 17.4 Å². The molecule has 100 valence electrons. The molecule has 1 aromatic heterocycles. The first-order valence-electron chi connectivity index (χ1n) is 5.47. The topological polar surface area (TPSA) is 31.4 Å². The van der Waals surface area contributed by atoms with Gasteiger partial charge in [0.05, 0.1) is 5.02 Å². The van der Waals surface area contributed by atoms with Gasteiger partial charge in [0.2, 0.25) is 5.88 Å². The smallest absolute Gasteiger partial charge is 0.219 e. The van der Waals surface area contributed by atoms with Crippen LogP contribution in [0.5, 0.6) is 17.4 Å². The summed E-state index contributed by atoms with van der Waals surface area (Å²) in [6.45, 7) is -0.538. The first-order chi connectivity index (χ1) is 9.19. The van der Waals surface area contributed by atoms with E-state index in [1.165, 1.54) is 0 Å². The maximum atomic E-state index is 12.0. The quantitative estimate of drug-likeness (QED) is 0.790. The van der Waals surface area contributed by atoms with Gasteiger partial charge in [0.1, 0.15) is 24.8 Å². The minimum Gasteiger partial charge on any atom is -0.491 e. The summed E-state index contributed by atoms with van der Waals surface area (Å²) in [5, 5.41) is 0.376. The fourth-order valence-electron chi connectivity index (χ4n) is 1.35. The van der Waals surface area contributed by atoms with E-state index in [4.69, 9.17) is 21.1 Å². The highest BCUT2D eigenvalue weighted by Gasteiger charge is 2.06. The van der Waals surface area contributed by atoms with E-state index in [1.807, 2.05) is 6.07 Å². The molecule has 0 spiro atoms. The summed E-state index contributed by atoms with van der Waals surface area (Å²) >= 11 is 9.34. The zero-order chi connectivity index (χ0) is 13.7. The summed E-state index contributed by atoms with van der Waals surface area (Å²) in [6.07, 6.45) is 1.63. The Balaban J connectivity index is 2.10. The van der Waals surface area contributed by atoms with Gasteiger partial charge in [0, 0.05) is 22.8 Å². The summed E-state index contributed by atoms with van der Waals surface area (Å²) in [7, 11) is 0. The molecule has 0 radical (unpaired) electrons. The molecule has 0 unspecified atom stereocenters. The number of halogens is 3. The van der Waals surface area contributed by atoms with Crippen molar-refractivity contribution in [1.29, 1.82) is 0 Å². The van der Waals surface area contributed by atoms with Crippen LogP contribution in [-0.2, 0) is 0 Å². The highest BCUT2D eigenvalue weighted by atomic mass is 79.9. The molecular formula is C13H10BrClFNO2. The fraction of sp³-hybridized carbons (Fsp3) is 0.154. The van der Waals surface area contributed by atoms with E-state index in [-0.39, 0.29) is 6.61 Å². The van der Waals surface area contributed by atoms with Gasteiger partial charge < -0.3 is 9.47 Å². The minimum atomic E-state index is -0.543. The molecule has 0 fully saturated rings. The van der Waals surface area contributed by atoms with Crippen LogP contribution in [0.3, 0.4) is 0 Å². The normalized spacial score (nSPS) is 10.3. The second-order valence-corrected chi connectivity index (χ2v) is 4.87. The third-order valence-corrected chi connectivity index (χ3v) is 2.93. The molecule has 0 saturated carbocycles. The predicted molar refractivity (Wildman–Crippen MR) is 74.9 cm³/mol. The number of benzene rings is 1. The third kappa shape index (κ3) is 4.08. The average Bonchev–Trinajstić information content (AvgIpc) is 2.41. The third-order valence-electron chi connectivity index (χ3n) is 2.16. The maximum absolute atomic E-state index is 12.0. The molecule has 0 atom stereocenters. The molecule has 1 aromatic carbocycles.